The van der Waals surface area contributed by atoms with E-state index < -0.39 is 0 Å². The van der Waals surface area contributed by atoms with Gasteiger partial charge in [-0.3, -0.25) is 4.68 Å². The van der Waals surface area contributed by atoms with Crippen LogP contribution in [0.5, 0.6) is 0 Å². The summed E-state index contributed by atoms with van der Waals surface area (Å²) in [6.45, 7) is 9.31. The van der Waals surface area contributed by atoms with Crippen LogP contribution >= 0.6 is 12.2 Å². The zero-order valence-corrected chi connectivity index (χ0v) is 14.5. The van der Waals surface area contributed by atoms with Crippen molar-refractivity contribution in [1.29, 1.82) is 0 Å². The highest BCUT2D eigenvalue weighted by molar-refractivity contribution is 7.80. The van der Waals surface area contributed by atoms with Crippen LogP contribution in [0.1, 0.15) is 43.6 Å². The van der Waals surface area contributed by atoms with E-state index in [1.165, 1.54) is 16.8 Å². The summed E-state index contributed by atoms with van der Waals surface area (Å²) in [7, 11) is 0. The van der Waals surface area contributed by atoms with Gasteiger partial charge in [0.1, 0.15) is 0 Å². The van der Waals surface area contributed by atoms with Crippen LogP contribution in [0.3, 0.4) is 0 Å². The van der Waals surface area contributed by atoms with E-state index >= 15 is 0 Å². The van der Waals surface area contributed by atoms with Gasteiger partial charge in [-0.15, -0.1) is 0 Å². The molecule has 1 aromatic carbocycles. The fourth-order valence-electron chi connectivity index (χ4n) is 2.59. The topological polar surface area (TPSA) is 41.9 Å². The lowest BCUT2D eigenvalue weighted by molar-refractivity contribution is 0.633. The van der Waals surface area contributed by atoms with Crippen molar-refractivity contribution >= 4 is 23.0 Å². The van der Waals surface area contributed by atoms with Crippen molar-refractivity contribution in [3.8, 4) is 0 Å². The number of aromatic nitrogens is 2. The average molecular weight is 316 g/mol. The number of nitrogens with one attached hydrogen (secondary N) is 2. The fourth-order valence-corrected chi connectivity index (χ4v) is 2.87. The molecule has 0 aliphatic carbocycles. The van der Waals surface area contributed by atoms with Crippen molar-refractivity contribution in [2.75, 3.05) is 5.32 Å². The zero-order valence-electron chi connectivity index (χ0n) is 13.7. The molecule has 0 amide bonds. The summed E-state index contributed by atoms with van der Waals surface area (Å²) in [6.07, 6.45) is 2.89. The Labute approximate surface area is 137 Å². The molecule has 0 bridgehead atoms. The Morgan fingerprint density at radius 2 is 2.05 bits per heavy atom. The van der Waals surface area contributed by atoms with Gasteiger partial charge in [-0.1, -0.05) is 25.1 Å². The molecule has 1 heterocycles. The summed E-state index contributed by atoms with van der Waals surface area (Å²) < 4.78 is 2.00. The van der Waals surface area contributed by atoms with E-state index in [0.717, 1.165) is 18.7 Å². The van der Waals surface area contributed by atoms with Crippen molar-refractivity contribution in [3.63, 3.8) is 0 Å². The fraction of sp³-hybridized carbons (Fsp3) is 0.412. The minimum atomic E-state index is 0.120. The van der Waals surface area contributed by atoms with E-state index in [9.17, 15) is 0 Å². The van der Waals surface area contributed by atoms with Gasteiger partial charge in [0.15, 0.2) is 5.11 Å². The van der Waals surface area contributed by atoms with Crippen LogP contribution in [0.2, 0.25) is 0 Å². The monoisotopic (exact) mass is 316 g/mol. The maximum absolute atomic E-state index is 5.45. The lowest BCUT2D eigenvalue weighted by Gasteiger charge is -2.18. The number of thiocarbonyl (C=S) groups is 1. The third-order valence-electron chi connectivity index (χ3n) is 3.90. The van der Waals surface area contributed by atoms with E-state index in [-0.39, 0.29) is 6.04 Å². The quantitative estimate of drug-likeness (QED) is 0.823. The minimum Gasteiger partial charge on any atom is -0.356 e. The number of anilines is 1. The predicted molar refractivity (Wildman–Crippen MR) is 96.2 cm³/mol. The van der Waals surface area contributed by atoms with Crippen LogP contribution < -0.4 is 10.6 Å². The van der Waals surface area contributed by atoms with E-state index in [1.54, 1.807) is 0 Å². The lowest BCUT2D eigenvalue weighted by atomic mass is 10.1. The summed E-state index contributed by atoms with van der Waals surface area (Å²) in [6, 6.07) is 8.35. The zero-order chi connectivity index (χ0) is 16.1. The van der Waals surface area contributed by atoms with Crippen LogP contribution in [-0.2, 0) is 13.0 Å². The number of rotatable bonds is 5. The molecule has 1 unspecified atom stereocenters. The molecular formula is C17H24N4S. The highest BCUT2D eigenvalue weighted by Gasteiger charge is 2.14. The summed E-state index contributed by atoms with van der Waals surface area (Å²) in [5.74, 6) is 0. The van der Waals surface area contributed by atoms with Crippen LogP contribution in [0.25, 0.3) is 0 Å². The first-order chi connectivity index (χ1) is 10.6. The minimum absolute atomic E-state index is 0.120. The van der Waals surface area contributed by atoms with Crippen molar-refractivity contribution in [2.45, 2.75) is 46.7 Å². The number of aryl methyl sites for hydroxylation is 2. The molecule has 1 aromatic heterocycles. The molecule has 0 radical (unpaired) electrons. The number of hydrogen-bond donors (Lipinski definition) is 2. The Morgan fingerprint density at radius 1 is 1.32 bits per heavy atom. The molecule has 0 fully saturated rings. The smallest absolute Gasteiger partial charge is 0.171 e. The second-order valence-corrected chi connectivity index (χ2v) is 5.74. The Balaban J connectivity index is 2.03. The average Bonchev–Trinajstić information content (AvgIpc) is 2.88. The SMILES string of the molecule is CCc1ccccc1NC(=S)NC(C)c1cnn(CC)c1C. The van der Waals surface area contributed by atoms with Crippen molar-refractivity contribution in [1.82, 2.24) is 15.1 Å². The summed E-state index contributed by atoms with van der Waals surface area (Å²) >= 11 is 5.45. The normalized spacial score (nSPS) is 12.0. The van der Waals surface area contributed by atoms with Gasteiger partial charge in [0.05, 0.1) is 12.2 Å². The van der Waals surface area contributed by atoms with E-state index in [4.69, 9.17) is 12.2 Å². The molecule has 0 saturated heterocycles. The second kappa shape index (κ2) is 7.40. The predicted octanol–water partition coefficient (Wildman–Crippen LogP) is 3.82. The van der Waals surface area contributed by atoms with Gasteiger partial charge in [-0.05, 0) is 51.0 Å². The first-order valence-corrected chi connectivity index (χ1v) is 8.15. The van der Waals surface area contributed by atoms with Gasteiger partial charge in [0, 0.05) is 23.5 Å². The van der Waals surface area contributed by atoms with Crippen molar-refractivity contribution < 1.29 is 0 Å². The molecule has 2 aromatic rings. The number of benzene rings is 1. The molecule has 22 heavy (non-hydrogen) atoms. The van der Waals surface area contributed by atoms with Gasteiger partial charge in [-0.2, -0.15) is 5.10 Å². The Hall–Kier alpha value is -1.88. The molecule has 5 heteroatoms. The summed E-state index contributed by atoms with van der Waals surface area (Å²) in [4.78, 5) is 0. The second-order valence-electron chi connectivity index (χ2n) is 5.33. The maximum atomic E-state index is 5.45. The highest BCUT2D eigenvalue weighted by atomic mass is 32.1. The molecule has 2 N–H and O–H groups in total. The van der Waals surface area contributed by atoms with Crippen molar-refractivity contribution in [2.24, 2.45) is 0 Å². The lowest BCUT2D eigenvalue weighted by Crippen LogP contribution is -2.31. The van der Waals surface area contributed by atoms with E-state index in [0.29, 0.717) is 5.11 Å². The molecule has 0 spiro atoms. The third-order valence-corrected chi connectivity index (χ3v) is 4.12. The third kappa shape index (κ3) is 3.65. The van der Waals surface area contributed by atoms with E-state index in [2.05, 4.69) is 55.6 Å². The van der Waals surface area contributed by atoms with Gasteiger partial charge in [0.25, 0.3) is 0 Å². The van der Waals surface area contributed by atoms with Crippen LogP contribution in [0, 0.1) is 6.92 Å². The van der Waals surface area contributed by atoms with Crippen molar-refractivity contribution in [3.05, 3.63) is 47.3 Å². The number of nitrogens with zero attached hydrogens (tertiary/aromatic N) is 2. The van der Waals surface area contributed by atoms with E-state index in [1.807, 2.05) is 23.0 Å². The van der Waals surface area contributed by atoms with Gasteiger partial charge >= 0.3 is 0 Å². The molecule has 0 saturated carbocycles. The molecular weight excluding hydrogens is 292 g/mol. The summed E-state index contributed by atoms with van der Waals surface area (Å²) in [5.41, 5.74) is 4.68. The van der Waals surface area contributed by atoms with Gasteiger partial charge < -0.3 is 10.6 Å². The van der Waals surface area contributed by atoms with Gasteiger partial charge in [-0.25, -0.2) is 0 Å². The first-order valence-electron chi connectivity index (χ1n) is 7.74. The van der Waals surface area contributed by atoms with Gasteiger partial charge in [0.2, 0.25) is 0 Å². The van der Waals surface area contributed by atoms with Crippen LogP contribution in [0.4, 0.5) is 5.69 Å². The Bertz CT molecular complexity index is 648. The standard InChI is InChI=1S/C17H24N4S/c1-5-14-9-7-8-10-16(14)20-17(22)19-12(3)15-11-18-21(6-2)13(15)4/h7-12H,5-6H2,1-4H3,(H2,19,20,22). The molecule has 2 rings (SSSR count). The van der Waals surface area contributed by atoms with Crippen LogP contribution in [0.15, 0.2) is 30.5 Å². The molecule has 0 aliphatic rings. The highest BCUT2D eigenvalue weighted by Crippen LogP contribution is 2.18. The molecule has 118 valence electrons. The Kier molecular flexibility index (Phi) is 5.55. The number of hydrogen-bond acceptors (Lipinski definition) is 2. The molecule has 0 aliphatic heterocycles. The number of para-hydroxylation sites is 1. The molecule has 4 nitrogen and oxygen atoms in total. The Morgan fingerprint density at radius 3 is 2.68 bits per heavy atom. The van der Waals surface area contributed by atoms with Crippen LogP contribution in [-0.4, -0.2) is 14.9 Å². The first kappa shape index (κ1) is 16.5. The molecule has 1 atom stereocenters. The summed E-state index contributed by atoms with van der Waals surface area (Å²) in [5, 5.41) is 11.7. The largest absolute Gasteiger partial charge is 0.356 e. The maximum Gasteiger partial charge on any atom is 0.171 e.